The molecule has 1 heterocycles. The summed E-state index contributed by atoms with van der Waals surface area (Å²) in [4.78, 5) is 14.9. The average molecular weight is 314 g/mol. The molecule has 0 spiro atoms. The normalized spacial score (nSPS) is 27.7. The number of nitrogens with zero attached hydrogens (tertiary/aromatic N) is 1. The summed E-state index contributed by atoms with van der Waals surface area (Å²) in [5, 5.41) is 0. The van der Waals surface area contributed by atoms with E-state index in [-0.39, 0.29) is 12.0 Å². The molecule has 1 aliphatic carbocycles. The Bertz CT molecular complexity index is 498. The second kappa shape index (κ2) is 7.48. The summed E-state index contributed by atoms with van der Waals surface area (Å²) >= 11 is 0. The molecule has 0 aromatic heterocycles. The van der Waals surface area contributed by atoms with Crippen LogP contribution in [0.15, 0.2) is 30.3 Å². The van der Waals surface area contributed by atoms with Crippen molar-refractivity contribution in [1.29, 1.82) is 0 Å². The summed E-state index contributed by atoms with van der Waals surface area (Å²) in [6.07, 6.45) is 6.54. The zero-order valence-electron chi connectivity index (χ0n) is 14.3. The first-order valence-corrected chi connectivity index (χ1v) is 9.24. The van der Waals surface area contributed by atoms with Crippen LogP contribution in [0.1, 0.15) is 56.9 Å². The van der Waals surface area contributed by atoms with Gasteiger partial charge in [0.1, 0.15) is 0 Å². The number of amides is 1. The van der Waals surface area contributed by atoms with Crippen molar-refractivity contribution in [2.75, 3.05) is 13.1 Å². The molecule has 2 aliphatic rings. The predicted molar refractivity (Wildman–Crippen MR) is 94.1 cm³/mol. The molecule has 3 heteroatoms. The van der Waals surface area contributed by atoms with Crippen molar-refractivity contribution in [2.45, 2.75) is 57.4 Å². The highest BCUT2D eigenvalue weighted by atomic mass is 16.2. The fraction of sp³-hybridized carbons (Fsp3) is 0.650. The monoisotopic (exact) mass is 314 g/mol. The quantitative estimate of drug-likeness (QED) is 0.927. The first kappa shape index (κ1) is 16.5. The van der Waals surface area contributed by atoms with Crippen LogP contribution in [0.5, 0.6) is 0 Å². The number of nitrogens with two attached hydrogens (primary N) is 1. The summed E-state index contributed by atoms with van der Waals surface area (Å²) < 4.78 is 0. The molecular weight excluding hydrogens is 284 g/mol. The molecule has 1 unspecified atom stereocenters. The molecule has 3 nitrogen and oxygen atoms in total. The number of likely N-dealkylation sites (tertiary alicyclic amines) is 1. The average Bonchev–Trinajstić information content (AvgIpc) is 2.62. The topological polar surface area (TPSA) is 46.3 Å². The Morgan fingerprint density at radius 1 is 1.04 bits per heavy atom. The Kier molecular flexibility index (Phi) is 5.37. The molecule has 2 N–H and O–H groups in total. The lowest BCUT2D eigenvalue weighted by Crippen LogP contribution is -2.45. The molecule has 1 atom stereocenters. The van der Waals surface area contributed by atoms with Gasteiger partial charge in [0.25, 0.3) is 0 Å². The van der Waals surface area contributed by atoms with Gasteiger partial charge in [-0.05, 0) is 62.8 Å². The maximum Gasteiger partial charge on any atom is 0.225 e. The zero-order valence-corrected chi connectivity index (χ0v) is 14.3. The number of hydrogen-bond acceptors (Lipinski definition) is 2. The second-order valence-corrected chi connectivity index (χ2v) is 7.48. The lowest BCUT2D eigenvalue weighted by atomic mass is 9.78. The zero-order chi connectivity index (χ0) is 16.2. The van der Waals surface area contributed by atoms with Crippen LogP contribution in [0.3, 0.4) is 0 Å². The Balaban J connectivity index is 1.49. The van der Waals surface area contributed by atoms with Crippen molar-refractivity contribution in [1.82, 2.24) is 4.90 Å². The van der Waals surface area contributed by atoms with Crippen molar-refractivity contribution < 1.29 is 4.79 Å². The first-order valence-electron chi connectivity index (χ1n) is 9.24. The van der Waals surface area contributed by atoms with Gasteiger partial charge in [0.2, 0.25) is 5.91 Å². The molecule has 1 saturated heterocycles. The van der Waals surface area contributed by atoms with Gasteiger partial charge in [0, 0.05) is 25.0 Å². The van der Waals surface area contributed by atoms with E-state index in [1.807, 2.05) is 0 Å². The van der Waals surface area contributed by atoms with Crippen molar-refractivity contribution in [3.05, 3.63) is 35.9 Å². The Hall–Kier alpha value is -1.35. The Morgan fingerprint density at radius 2 is 1.65 bits per heavy atom. The van der Waals surface area contributed by atoms with Crippen LogP contribution in [0.2, 0.25) is 0 Å². The number of benzene rings is 1. The van der Waals surface area contributed by atoms with Gasteiger partial charge in [-0.15, -0.1) is 0 Å². The summed E-state index contributed by atoms with van der Waals surface area (Å²) in [7, 11) is 0. The SMILES string of the molecule is CC(N)C1CCN(C(=O)C2CCC(c3ccccc3)CC2)CC1. The molecule has 3 rings (SSSR count). The molecule has 1 aromatic rings. The lowest BCUT2D eigenvalue weighted by molar-refractivity contribution is -0.138. The molecule has 1 saturated carbocycles. The van der Waals surface area contributed by atoms with E-state index in [0.717, 1.165) is 51.6 Å². The van der Waals surface area contributed by atoms with Gasteiger partial charge in [-0.1, -0.05) is 30.3 Å². The van der Waals surface area contributed by atoms with Crippen molar-refractivity contribution in [3.8, 4) is 0 Å². The minimum absolute atomic E-state index is 0.252. The Morgan fingerprint density at radius 3 is 2.22 bits per heavy atom. The smallest absolute Gasteiger partial charge is 0.225 e. The molecule has 1 aliphatic heterocycles. The molecule has 126 valence electrons. The van der Waals surface area contributed by atoms with Crippen LogP contribution in [0.25, 0.3) is 0 Å². The van der Waals surface area contributed by atoms with Gasteiger partial charge in [-0.25, -0.2) is 0 Å². The van der Waals surface area contributed by atoms with Gasteiger partial charge < -0.3 is 10.6 Å². The molecule has 1 amide bonds. The molecule has 0 bridgehead atoms. The Labute approximate surface area is 140 Å². The maximum atomic E-state index is 12.8. The highest BCUT2D eigenvalue weighted by molar-refractivity contribution is 5.79. The van der Waals surface area contributed by atoms with E-state index in [9.17, 15) is 4.79 Å². The third-order valence-electron chi connectivity index (χ3n) is 5.94. The summed E-state index contributed by atoms with van der Waals surface area (Å²) in [5.41, 5.74) is 7.44. The van der Waals surface area contributed by atoms with Crippen LogP contribution in [0.4, 0.5) is 0 Å². The van der Waals surface area contributed by atoms with Crippen LogP contribution in [0, 0.1) is 11.8 Å². The van der Waals surface area contributed by atoms with E-state index in [1.165, 1.54) is 5.56 Å². The molecule has 1 aromatic carbocycles. The number of carbonyl (C=O) groups excluding carboxylic acids is 1. The highest BCUT2D eigenvalue weighted by Gasteiger charge is 2.32. The van der Waals surface area contributed by atoms with Crippen molar-refractivity contribution in [3.63, 3.8) is 0 Å². The largest absolute Gasteiger partial charge is 0.342 e. The van der Waals surface area contributed by atoms with Gasteiger partial charge in [-0.3, -0.25) is 4.79 Å². The molecule has 23 heavy (non-hydrogen) atoms. The van der Waals surface area contributed by atoms with E-state index in [4.69, 9.17) is 5.73 Å². The van der Waals surface area contributed by atoms with Gasteiger partial charge >= 0.3 is 0 Å². The standard InChI is InChI=1S/C20H30N2O/c1-15(21)16-11-13-22(14-12-16)20(23)19-9-7-18(8-10-19)17-5-3-2-4-6-17/h2-6,15-16,18-19H,7-14,21H2,1H3. The molecule has 2 fully saturated rings. The van der Waals surface area contributed by atoms with Crippen molar-refractivity contribution in [2.24, 2.45) is 17.6 Å². The van der Waals surface area contributed by atoms with Crippen LogP contribution >= 0.6 is 0 Å². The fourth-order valence-corrected chi connectivity index (χ4v) is 4.30. The minimum atomic E-state index is 0.252. The van der Waals surface area contributed by atoms with Gasteiger partial charge in [0.05, 0.1) is 0 Å². The second-order valence-electron chi connectivity index (χ2n) is 7.48. The van der Waals surface area contributed by atoms with Gasteiger partial charge in [0.15, 0.2) is 0 Å². The summed E-state index contributed by atoms with van der Waals surface area (Å²) in [5.74, 6) is 1.89. The molecular formula is C20H30N2O. The van der Waals surface area contributed by atoms with E-state index < -0.39 is 0 Å². The minimum Gasteiger partial charge on any atom is -0.342 e. The number of hydrogen-bond donors (Lipinski definition) is 1. The third kappa shape index (κ3) is 3.95. The summed E-state index contributed by atoms with van der Waals surface area (Å²) in [6.45, 7) is 3.90. The van der Waals surface area contributed by atoms with Crippen molar-refractivity contribution >= 4 is 5.91 Å². The van der Waals surface area contributed by atoms with Crippen LogP contribution in [-0.4, -0.2) is 29.9 Å². The maximum absolute atomic E-state index is 12.8. The molecule has 0 radical (unpaired) electrons. The number of rotatable bonds is 3. The highest BCUT2D eigenvalue weighted by Crippen LogP contribution is 2.36. The van der Waals surface area contributed by atoms with Gasteiger partial charge in [-0.2, -0.15) is 0 Å². The van der Waals surface area contributed by atoms with Crippen LogP contribution < -0.4 is 5.73 Å². The summed E-state index contributed by atoms with van der Waals surface area (Å²) in [6, 6.07) is 11.0. The van der Waals surface area contributed by atoms with E-state index >= 15 is 0 Å². The fourth-order valence-electron chi connectivity index (χ4n) is 4.30. The number of piperidine rings is 1. The van der Waals surface area contributed by atoms with E-state index in [0.29, 0.717) is 17.7 Å². The number of carbonyl (C=O) groups is 1. The van der Waals surface area contributed by atoms with Crippen LogP contribution in [-0.2, 0) is 4.79 Å². The van der Waals surface area contributed by atoms with E-state index in [2.05, 4.69) is 42.2 Å². The van der Waals surface area contributed by atoms with E-state index in [1.54, 1.807) is 0 Å². The predicted octanol–water partition coefficient (Wildman–Crippen LogP) is 3.55. The first-order chi connectivity index (χ1) is 11.1. The lowest BCUT2D eigenvalue weighted by Gasteiger charge is -2.37. The third-order valence-corrected chi connectivity index (χ3v) is 5.94.